The molecule has 3 N–H and O–H groups in total. The largest absolute Gasteiger partial charge is 0.491 e. The predicted molar refractivity (Wildman–Crippen MR) is 136 cm³/mol. The molecular weight excluding hydrogens is 444 g/mol. The van der Waals surface area contributed by atoms with Crippen molar-refractivity contribution in [3.63, 3.8) is 0 Å². The molecule has 0 aliphatic heterocycles. The number of aromatic amines is 1. The standard InChI is InChI=1S/C29H23F2N3O/c30-19-8-7-18-13-25-22(21(18)14-19)16-24-23-15-20(31)9-10-26(23)34-27(24)28(25)35-12-4-11-33-29(32)17-5-2-1-3-6-17/h1-3,5-10,14-16,34H,4,11-13H2,(H2,32,33). The summed E-state index contributed by atoms with van der Waals surface area (Å²) in [5.41, 5.74) is 12.5. The number of nitrogens with one attached hydrogen (secondary N) is 1. The number of aliphatic imine (C=N–C) groups is 1. The topological polar surface area (TPSA) is 63.4 Å². The first-order valence-corrected chi connectivity index (χ1v) is 11.6. The lowest BCUT2D eigenvalue weighted by molar-refractivity contribution is 0.314. The molecule has 0 saturated heterocycles. The fourth-order valence-corrected chi connectivity index (χ4v) is 4.88. The molecule has 0 amide bonds. The number of nitrogens with zero attached hydrogens (tertiary/aromatic N) is 1. The Morgan fingerprint density at radius 1 is 0.914 bits per heavy atom. The first-order valence-electron chi connectivity index (χ1n) is 11.6. The van der Waals surface area contributed by atoms with E-state index in [4.69, 9.17) is 10.5 Å². The molecule has 0 radical (unpaired) electrons. The lowest BCUT2D eigenvalue weighted by atomic mass is 10.0. The van der Waals surface area contributed by atoms with Crippen molar-refractivity contribution >= 4 is 27.6 Å². The lowest BCUT2D eigenvalue weighted by Gasteiger charge is -2.13. The first kappa shape index (κ1) is 21.4. The summed E-state index contributed by atoms with van der Waals surface area (Å²) in [4.78, 5) is 7.88. The average molecular weight is 468 g/mol. The molecule has 1 heterocycles. The Morgan fingerprint density at radius 3 is 2.57 bits per heavy atom. The number of hydrogen-bond acceptors (Lipinski definition) is 2. The molecule has 1 aliphatic carbocycles. The number of rotatable bonds is 6. The highest BCUT2D eigenvalue weighted by molar-refractivity contribution is 6.12. The lowest BCUT2D eigenvalue weighted by Crippen LogP contribution is -2.14. The average Bonchev–Trinajstić information content (AvgIpc) is 3.41. The Kier molecular flexibility index (Phi) is 5.21. The predicted octanol–water partition coefficient (Wildman–Crippen LogP) is 6.34. The van der Waals surface area contributed by atoms with Crippen molar-refractivity contribution in [2.45, 2.75) is 12.8 Å². The fraction of sp³-hybridized carbons (Fsp3) is 0.138. The van der Waals surface area contributed by atoms with E-state index in [0.29, 0.717) is 31.8 Å². The van der Waals surface area contributed by atoms with Gasteiger partial charge in [-0.15, -0.1) is 0 Å². The van der Waals surface area contributed by atoms with Crippen LogP contribution in [0.3, 0.4) is 0 Å². The minimum Gasteiger partial charge on any atom is -0.491 e. The number of H-pyrrole nitrogens is 1. The van der Waals surface area contributed by atoms with E-state index in [9.17, 15) is 8.78 Å². The number of nitrogens with two attached hydrogens (primary N) is 1. The molecule has 35 heavy (non-hydrogen) atoms. The molecular formula is C29H23F2N3O. The molecule has 0 fully saturated rings. The van der Waals surface area contributed by atoms with Crippen LogP contribution in [0.5, 0.6) is 5.75 Å². The van der Waals surface area contributed by atoms with Gasteiger partial charge in [-0.25, -0.2) is 8.78 Å². The monoisotopic (exact) mass is 467 g/mol. The highest BCUT2D eigenvalue weighted by Crippen LogP contribution is 2.47. The van der Waals surface area contributed by atoms with Crippen LogP contribution in [0.2, 0.25) is 0 Å². The van der Waals surface area contributed by atoms with Gasteiger partial charge >= 0.3 is 0 Å². The van der Waals surface area contributed by atoms with Crippen molar-refractivity contribution in [1.29, 1.82) is 0 Å². The van der Waals surface area contributed by atoms with E-state index < -0.39 is 0 Å². The second kappa shape index (κ2) is 8.55. The zero-order valence-corrected chi connectivity index (χ0v) is 18.9. The number of amidine groups is 1. The molecule has 174 valence electrons. The maximum atomic E-state index is 14.1. The number of aromatic nitrogens is 1. The van der Waals surface area contributed by atoms with E-state index in [1.54, 1.807) is 12.1 Å². The number of hydrogen-bond donors (Lipinski definition) is 2. The molecule has 6 heteroatoms. The summed E-state index contributed by atoms with van der Waals surface area (Å²) in [6.07, 6.45) is 1.33. The Labute approximate surface area is 201 Å². The summed E-state index contributed by atoms with van der Waals surface area (Å²) in [5, 5.41) is 1.63. The van der Waals surface area contributed by atoms with E-state index in [1.807, 2.05) is 42.5 Å². The highest BCUT2D eigenvalue weighted by atomic mass is 19.1. The second-order valence-electron chi connectivity index (χ2n) is 8.78. The number of ether oxygens (including phenoxy) is 1. The van der Waals surface area contributed by atoms with Crippen LogP contribution in [0, 0.1) is 11.6 Å². The van der Waals surface area contributed by atoms with Crippen molar-refractivity contribution in [2.24, 2.45) is 10.7 Å². The van der Waals surface area contributed by atoms with Crippen LogP contribution in [-0.2, 0) is 6.42 Å². The van der Waals surface area contributed by atoms with Gasteiger partial charge in [0.2, 0.25) is 0 Å². The number of fused-ring (bicyclic) bond motifs is 6. The quantitative estimate of drug-likeness (QED) is 0.170. The zero-order chi connectivity index (χ0) is 23.9. The minimum atomic E-state index is -0.304. The van der Waals surface area contributed by atoms with E-state index in [2.05, 4.69) is 9.98 Å². The Hall–Kier alpha value is -4.19. The summed E-state index contributed by atoms with van der Waals surface area (Å²) in [5.74, 6) is 0.647. The van der Waals surface area contributed by atoms with Crippen LogP contribution in [0.15, 0.2) is 77.8 Å². The molecule has 1 aromatic heterocycles. The summed E-state index contributed by atoms with van der Waals surface area (Å²) in [6.45, 7) is 0.966. The molecule has 4 aromatic carbocycles. The van der Waals surface area contributed by atoms with Crippen LogP contribution < -0.4 is 10.5 Å². The third kappa shape index (κ3) is 3.81. The SMILES string of the molecule is NC(=NCCCOc1c2c(cc3c1[nH]c1ccc(F)cc13)-c1cc(F)ccc1C2)c1ccccc1. The van der Waals surface area contributed by atoms with E-state index in [1.165, 1.54) is 18.2 Å². The van der Waals surface area contributed by atoms with Gasteiger partial charge < -0.3 is 15.5 Å². The summed E-state index contributed by atoms with van der Waals surface area (Å²) in [7, 11) is 0. The molecule has 1 aliphatic rings. The van der Waals surface area contributed by atoms with Gasteiger partial charge in [-0.2, -0.15) is 0 Å². The van der Waals surface area contributed by atoms with Crippen LogP contribution in [0.25, 0.3) is 32.9 Å². The van der Waals surface area contributed by atoms with Crippen LogP contribution in [0.1, 0.15) is 23.1 Å². The fourth-order valence-electron chi connectivity index (χ4n) is 4.88. The van der Waals surface area contributed by atoms with Crippen molar-refractivity contribution in [2.75, 3.05) is 13.2 Å². The maximum absolute atomic E-state index is 14.1. The highest BCUT2D eigenvalue weighted by Gasteiger charge is 2.26. The Morgan fingerprint density at radius 2 is 1.71 bits per heavy atom. The molecule has 5 aromatic rings. The van der Waals surface area contributed by atoms with Gasteiger partial charge in [0.05, 0.1) is 12.1 Å². The zero-order valence-electron chi connectivity index (χ0n) is 18.9. The maximum Gasteiger partial charge on any atom is 0.147 e. The van der Waals surface area contributed by atoms with Gasteiger partial charge in [0, 0.05) is 46.8 Å². The summed E-state index contributed by atoms with van der Waals surface area (Å²) in [6, 6.07) is 21.2. The van der Waals surface area contributed by atoms with Crippen LogP contribution in [0.4, 0.5) is 8.78 Å². The smallest absolute Gasteiger partial charge is 0.147 e. The molecule has 6 rings (SSSR count). The Bertz CT molecular complexity index is 1610. The Balaban J connectivity index is 1.34. The van der Waals surface area contributed by atoms with Crippen molar-refractivity contribution in [1.82, 2.24) is 4.98 Å². The summed E-state index contributed by atoms with van der Waals surface area (Å²) >= 11 is 0. The third-order valence-electron chi connectivity index (χ3n) is 6.55. The number of benzene rings is 4. The normalized spacial score (nSPS) is 12.8. The van der Waals surface area contributed by atoms with Gasteiger partial charge in [0.25, 0.3) is 0 Å². The van der Waals surface area contributed by atoms with Crippen LogP contribution >= 0.6 is 0 Å². The molecule has 0 atom stereocenters. The van der Waals surface area contributed by atoms with Crippen molar-refractivity contribution < 1.29 is 13.5 Å². The van der Waals surface area contributed by atoms with E-state index in [0.717, 1.165) is 55.4 Å². The minimum absolute atomic E-state index is 0.280. The number of halogens is 2. The molecule has 0 bridgehead atoms. The van der Waals surface area contributed by atoms with E-state index in [-0.39, 0.29) is 11.6 Å². The molecule has 0 unspecified atom stereocenters. The van der Waals surface area contributed by atoms with Gasteiger partial charge in [0.15, 0.2) is 0 Å². The third-order valence-corrected chi connectivity index (χ3v) is 6.55. The van der Waals surface area contributed by atoms with Gasteiger partial charge in [-0.05, 0) is 53.1 Å². The van der Waals surface area contributed by atoms with Gasteiger partial charge in [-0.1, -0.05) is 36.4 Å². The van der Waals surface area contributed by atoms with Gasteiger partial charge in [-0.3, -0.25) is 4.99 Å². The van der Waals surface area contributed by atoms with Crippen molar-refractivity contribution in [3.05, 3.63) is 101 Å². The second-order valence-corrected chi connectivity index (χ2v) is 8.78. The molecule has 0 saturated carbocycles. The van der Waals surface area contributed by atoms with E-state index >= 15 is 0 Å². The summed E-state index contributed by atoms with van der Waals surface area (Å²) < 4.78 is 34.5. The van der Waals surface area contributed by atoms with Gasteiger partial charge in [0.1, 0.15) is 23.2 Å². The molecule has 4 nitrogen and oxygen atoms in total. The van der Waals surface area contributed by atoms with Crippen LogP contribution in [-0.4, -0.2) is 24.0 Å². The first-order chi connectivity index (χ1) is 17.1. The van der Waals surface area contributed by atoms with Crippen molar-refractivity contribution in [3.8, 4) is 16.9 Å². The molecule has 0 spiro atoms.